The van der Waals surface area contributed by atoms with Gasteiger partial charge >= 0.3 is 5.97 Å². The molecule has 94 valence electrons. The first-order valence-corrected chi connectivity index (χ1v) is 5.74. The Labute approximate surface area is 110 Å². The Morgan fingerprint density at radius 1 is 1.39 bits per heavy atom. The van der Waals surface area contributed by atoms with Gasteiger partial charge in [-0.1, -0.05) is 17.7 Å². The Kier molecular flexibility index (Phi) is 3.30. The molecule has 0 bridgehead atoms. The smallest absolute Gasteiger partial charge is 0.341 e. The second-order valence-corrected chi connectivity index (χ2v) is 4.40. The van der Waals surface area contributed by atoms with Gasteiger partial charge in [0.25, 0.3) is 0 Å². The van der Waals surface area contributed by atoms with Crippen molar-refractivity contribution in [1.82, 2.24) is 4.98 Å². The van der Waals surface area contributed by atoms with E-state index >= 15 is 0 Å². The first kappa shape index (κ1) is 12.5. The van der Waals surface area contributed by atoms with E-state index in [1.807, 2.05) is 25.1 Å². The second-order valence-electron chi connectivity index (χ2n) is 3.96. The number of rotatable bonds is 2. The van der Waals surface area contributed by atoms with Gasteiger partial charge in [0.15, 0.2) is 0 Å². The minimum Gasteiger partial charge on any atom is -0.465 e. The van der Waals surface area contributed by atoms with Crippen molar-refractivity contribution in [2.75, 3.05) is 12.8 Å². The summed E-state index contributed by atoms with van der Waals surface area (Å²) in [6.45, 7) is 1.96. The zero-order valence-electron chi connectivity index (χ0n) is 10.1. The molecule has 0 aliphatic rings. The fourth-order valence-corrected chi connectivity index (χ4v) is 1.95. The maximum atomic E-state index is 11.5. The molecule has 0 unspecified atom stereocenters. The fourth-order valence-electron chi connectivity index (χ4n) is 1.78. The van der Waals surface area contributed by atoms with E-state index in [2.05, 4.69) is 9.72 Å². The Hall–Kier alpha value is -1.94. The molecule has 1 heterocycles. The molecule has 0 saturated carbocycles. The summed E-state index contributed by atoms with van der Waals surface area (Å²) in [5.41, 5.74) is 8.77. The molecule has 0 radical (unpaired) electrons. The summed E-state index contributed by atoms with van der Waals surface area (Å²) >= 11 is 5.97. The zero-order valence-corrected chi connectivity index (χ0v) is 10.8. The van der Waals surface area contributed by atoms with Gasteiger partial charge in [0.05, 0.1) is 7.11 Å². The standard InChI is InChI=1S/C13H13ClN2O2/c1-7-3-4-8(14)5-9(7)11-6-10(12(15)16-11)13(17)18-2/h3-6,16H,15H2,1-2H3. The largest absolute Gasteiger partial charge is 0.465 e. The molecule has 0 saturated heterocycles. The van der Waals surface area contributed by atoms with E-state index in [-0.39, 0.29) is 5.82 Å². The summed E-state index contributed by atoms with van der Waals surface area (Å²) in [6.07, 6.45) is 0. The van der Waals surface area contributed by atoms with E-state index in [9.17, 15) is 4.79 Å². The fraction of sp³-hybridized carbons (Fsp3) is 0.154. The molecular weight excluding hydrogens is 252 g/mol. The topological polar surface area (TPSA) is 68.1 Å². The summed E-state index contributed by atoms with van der Waals surface area (Å²) in [4.78, 5) is 14.4. The van der Waals surface area contributed by atoms with Crippen molar-refractivity contribution < 1.29 is 9.53 Å². The second kappa shape index (κ2) is 4.74. The lowest BCUT2D eigenvalue weighted by molar-refractivity contribution is 0.0602. The van der Waals surface area contributed by atoms with Crippen LogP contribution in [0.4, 0.5) is 5.82 Å². The normalized spacial score (nSPS) is 10.4. The van der Waals surface area contributed by atoms with Crippen LogP contribution in [0.5, 0.6) is 0 Å². The van der Waals surface area contributed by atoms with Crippen LogP contribution in [0.3, 0.4) is 0 Å². The summed E-state index contributed by atoms with van der Waals surface area (Å²) in [5.74, 6) is -0.175. The van der Waals surface area contributed by atoms with Crippen molar-refractivity contribution in [1.29, 1.82) is 0 Å². The molecule has 3 N–H and O–H groups in total. The van der Waals surface area contributed by atoms with Crippen molar-refractivity contribution in [2.24, 2.45) is 0 Å². The van der Waals surface area contributed by atoms with Gasteiger partial charge in [-0.2, -0.15) is 0 Å². The third kappa shape index (κ3) is 2.19. The number of aryl methyl sites for hydroxylation is 1. The number of nitrogen functional groups attached to an aromatic ring is 1. The van der Waals surface area contributed by atoms with Crippen LogP contribution < -0.4 is 5.73 Å². The molecule has 0 aliphatic carbocycles. The first-order chi connectivity index (χ1) is 8.52. The minimum atomic E-state index is -0.463. The van der Waals surface area contributed by atoms with Gasteiger partial charge in [-0.05, 0) is 30.7 Å². The Balaban J connectivity index is 2.52. The highest BCUT2D eigenvalue weighted by atomic mass is 35.5. The number of carbonyl (C=O) groups excluding carboxylic acids is 1. The molecule has 5 heteroatoms. The number of nitrogens with two attached hydrogens (primary N) is 1. The van der Waals surface area contributed by atoms with Gasteiger partial charge in [-0.3, -0.25) is 0 Å². The van der Waals surface area contributed by atoms with Crippen molar-refractivity contribution in [3.8, 4) is 11.3 Å². The monoisotopic (exact) mass is 264 g/mol. The van der Waals surface area contributed by atoms with Crippen molar-refractivity contribution in [2.45, 2.75) is 6.92 Å². The molecule has 0 fully saturated rings. The Morgan fingerprint density at radius 2 is 2.11 bits per heavy atom. The summed E-state index contributed by atoms with van der Waals surface area (Å²) in [5, 5.41) is 0.628. The van der Waals surface area contributed by atoms with Crippen molar-refractivity contribution >= 4 is 23.4 Å². The lowest BCUT2D eigenvalue weighted by Crippen LogP contribution is -2.02. The van der Waals surface area contributed by atoms with E-state index in [1.54, 1.807) is 6.07 Å². The average Bonchev–Trinajstić information content (AvgIpc) is 2.73. The average molecular weight is 265 g/mol. The highest BCUT2D eigenvalue weighted by Crippen LogP contribution is 2.28. The summed E-state index contributed by atoms with van der Waals surface area (Å²) in [6, 6.07) is 7.21. The molecule has 0 aliphatic heterocycles. The van der Waals surface area contributed by atoms with Gasteiger partial charge in [0, 0.05) is 16.3 Å². The van der Waals surface area contributed by atoms with E-state index in [0.717, 1.165) is 16.8 Å². The predicted octanol–water partition coefficient (Wildman–Crippen LogP) is 3.01. The number of nitrogens with one attached hydrogen (secondary N) is 1. The third-order valence-corrected chi connectivity index (χ3v) is 2.98. The highest BCUT2D eigenvalue weighted by Gasteiger charge is 2.15. The molecule has 1 aromatic heterocycles. The molecule has 1 aromatic carbocycles. The van der Waals surface area contributed by atoms with Crippen molar-refractivity contribution in [3.63, 3.8) is 0 Å². The van der Waals surface area contributed by atoms with Crippen LogP contribution in [0.1, 0.15) is 15.9 Å². The SMILES string of the molecule is COC(=O)c1cc(-c2cc(Cl)ccc2C)[nH]c1N. The number of anilines is 1. The first-order valence-electron chi connectivity index (χ1n) is 5.36. The van der Waals surface area contributed by atoms with Crippen LogP contribution in [-0.2, 0) is 4.74 Å². The van der Waals surface area contributed by atoms with Gasteiger partial charge in [-0.15, -0.1) is 0 Å². The maximum Gasteiger partial charge on any atom is 0.341 e. The lowest BCUT2D eigenvalue weighted by Gasteiger charge is -2.03. The quantitative estimate of drug-likeness (QED) is 0.820. The molecule has 2 rings (SSSR count). The van der Waals surface area contributed by atoms with Crippen LogP contribution in [0.25, 0.3) is 11.3 Å². The number of aromatic amines is 1. The molecule has 0 amide bonds. The van der Waals surface area contributed by atoms with Crippen LogP contribution in [0, 0.1) is 6.92 Å². The molecule has 0 atom stereocenters. The van der Waals surface area contributed by atoms with Crippen LogP contribution in [-0.4, -0.2) is 18.1 Å². The van der Waals surface area contributed by atoms with Gasteiger partial charge in [0.1, 0.15) is 11.4 Å². The van der Waals surface area contributed by atoms with E-state index < -0.39 is 5.97 Å². The summed E-state index contributed by atoms with van der Waals surface area (Å²) in [7, 11) is 1.32. The number of aromatic nitrogens is 1. The van der Waals surface area contributed by atoms with Crippen LogP contribution in [0.2, 0.25) is 5.02 Å². The van der Waals surface area contributed by atoms with E-state index in [1.165, 1.54) is 7.11 Å². The number of halogens is 1. The molecule has 0 spiro atoms. The number of benzene rings is 1. The van der Waals surface area contributed by atoms with Crippen molar-refractivity contribution in [3.05, 3.63) is 40.4 Å². The number of hydrogen-bond donors (Lipinski definition) is 2. The number of carbonyl (C=O) groups is 1. The number of H-pyrrole nitrogens is 1. The van der Waals surface area contributed by atoms with Gasteiger partial charge in [0.2, 0.25) is 0 Å². The van der Waals surface area contributed by atoms with Crippen LogP contribution in [0.15, 0.2) is 24.3 Å². The number of methoxy groups -OCH3 is 1. The lowest BCUT2D eigenvalue weighted by atomic mass is 10.1. The van der Waals surface area contributed by atoms with Gasteiger partial charge in [-0.25, -0.2) is 4.79 Å². The summed E-state index contributed by atoms with van der Waals surface area (Å²) < 4.78 is 4.66. The maximum absolute atomic E-state index is 11.5. The number of ether oxygens (including phenoxy) is 1. The van der Waals surface area contributed by atoms with E-state index in [0.29, 0.717) is 10.6 Å². The minimum absolute atomic E-state index is 0.288. The van der Waals surface area contributed by atoms with E-state index in [4.69, 9.17) is 17.3 Å². The Bertz CT molecular complexity index is 605. The highest BCUT2D eigenvalue weighted by molar-refractivity contribution is 6.30. The number of esters is 1. The van der Waals surface area contributed by atoms with Crippen LogP contribution >= 0.6 is 11.6 Å². The Morgan fingerprint density at radius 3 is 2.78 bits per heavy atom. The molecule has 4 nitrogen and oxygen atoms in total. The molecule has 18 heavy (non-hydrogen) atoms. The molecular formula is C13H13ClN2O2. The number of hydrogen-bond acceptors (Lipinski definition) is 3. The third-order valence-electron chi connectivity index (χ3n) is 2.74. The molecule has 2 aromatic rings. The predicted molar refractivity (Wildman–Crippen MR) is 71.7 cm³/mol. The zero-order chi connectivity index (χ0) is 13.3. The van der Waals surface area contributed by atoms with Gasteiger partial charge < -0.3 is 15.5 Å².